The number of nitrogens with zero attached hydrogens (tertiary/aromatic N) is 2. The SMILES string of the molecule is CCCCCCNCCN1CCN2CCCCC2C1. The van der Waals surface area contributed by atoms with Gasteiger partial charge in [-0.15, -0.1) is 0 Å². The number of hydrogen-bond acceptors (Lipinski definition) is 3. The Labute approximate surface area is 119 Å². The Hall–Kier alpha value is -0.120. The van der Waals surface area contributed by atoms with Crippen molar-refractivity contribution in [3.8, 4) is 0 Å². The molecule has 2 aliphatic heterocycles. The van der Waals surface area contributed by atoms with Crippen LogP contribution < -0.4 is 5.32 Å². The summed E-state index contributed by atoms with van der Waals surface area (Å²) in [5.74, 6) is 0. The largest absolute Gasteiger partial charge is 0.315 e. The highest BCUT2D eigenvalue weighted by Crippen LogP contribution is 2.20. The Morgan fingerprint density at radius 2 is 1.95 bits per heavy atom. The molecule has 0 saturated carbocycles. The van der Waals surface area contributed by atoms with Crippen LogP contribution in [-0.4, -0.2) is 61.7 Å². The van der Waals surface area contributed by atoms with Crippen LogP contribution in [0.4, 0.5) is 0 Å². The van der Waals surface area contributed by atoms with Crippen molar-refractivity contribution in [1.29, 1.82) is 0 Å². The normalized spacial score (nSPS) is 25.4. The van der Waals surface area contributed by atoms with Crippen LogP contribution in [0.25, 0.3) is 0 Å². The van der Waals surface area contributed by atoms with E-state index in [1.165, 1.54) is 90.8 Å². The van der Waals surface area contributed by atoms with Gasteiger partial charge in [-0.25, -0.2) is 0 Å². The molecule has 2 saturated heterocycles. The molecule has 3 heteroatoms. The van der Waals surface area contributed by atoms with Gasteiger partial charge in [-0.05, 0) is 32.4 Å². The predicted molar refractivity (Wildman–Crippen MR) is 82.7 cm³/mol. The number of nitrogens with one attached hydrogen (secondary N) is 1. The fourth-order valence-electron chi connectivity index (χ4n) is 3.46. The summed E-state index contributed by atoms with van der Waals surface area (Å²) in [4.78, 5) is 5.39. The van der Waals surface area contributed by atoms with Crippen LogP contribution in [0.2, 0.25) is 0 Å². The Kier molecular flexibility index (Phi) is 7.18. The molecule has 0 aromatic rings. The molecule has 2 rings (SSSR count). The van der Waals surface area contributed by atoms with Crippen molar-refractivity contribution in [2.24, 2.45) is 0 Å². The fourth-order valence-corrected chi connectivity index (χ4v) is 3.46. The number of unbranched alkanes of at least 4 members (excludes halogenated alkanes) is 3. The summed E-state index contributed by atoms with van der Waals surface area (Å²) in [5.41, 5.74) is 0. The number of rotatable bonds is 8. The Morgan fingerprint density at radius 1 is 1.00 bits per heavy atom. The van der Waals surface area contributed by atoms with Gasteiger partial charge in [0.15, 0.2) is 0 Å². The van der Waals surface area contributed by atoms with E-state index in [-0.39, 0.29) is 0 Å². The molecular weight excluding hydrogens is 234 g/mol. The highest BCUT2D eigenvalue weighted by atomic mass is 15.3. The van der Waals surface area contributed by atoms with Gasteiger partial charge in [0.1, 0.15) is 0 Å². The van der Waals surface area contributed by atoms with E-state index < -0.39 is 0 Å². The quantitative estimate of drug-likeness (QED) is 0.681. The van der Waals surface area contributed by atoms with Crippen molar-refractivity contribution in [1.82, 2.24) is 15.1 Å². The lowest BCUT2D eigenvalue weighted by molar-refractivity contribution is 0.0500. The second-order valence-corrected chi connectivity index (χ2v) is 6.30. The van der Waals surface area contributed by atoms with E-state index in [9.17, 15) is 0 Å². The van der Waals surface area contributed by atoms with Gasteiger partial charge in [0, 0.05) is 38.8 Å². The monoisotopic (exact) mass is 267 g/mol. The Bertz CT molecular complexity index is 232. The third-order valence-corrected chi connectivity index (χ3v) is 4.73. The van der Waals surface area contributed by atoms with Crippen LogP contribution >= 0.6 is 0 Å². The van der Waals surface area contributed by atoms with E-state index >= 15 is 0 Å². The number of piperazine rings is 1. The van der Waals surface area contributed by atoms with Gasteiger partial charge in [-0.3, -0.25) is 9.80 Å². The second-order valence-electron chi connectivity index (χ2n) is 6.30. The minimum atomic E-state index is 0.868. The molecule has 2 heterocycles. The van der Waals surface area contributed by atoms with Crippen molar-refractivity contribution >= 4 is 0 Å². The predicted octanol–water partition coefficient (Wildman–Crippen LogP) is 2.33. The van der Waals surface area contributed by atoms with Crippen molar-refractivity contribution in [3.63, 3.8) is 0 Å². The molecule has 112 valence electrons. The lowest BCUT2D eigenvalue weighted by Gasteiger charge is -2.44. The third-order valence-electron chi connectivity index (χ3n) is 4.73. The average Bonchev–Trinajstić information content (AvgIpc) is 2.46. The van der Waals surface area contributed by atoms with Crippen LogP contribution in [0, 0.1) is 0 Å². The molecule has 0 aliphatic carbocycles. The molecule has 0 aromatic carbocycles. The van der Waals surface area contributed by atoms with Crippen LogP contribution in [0.1, 0.15) is 51.9 Å². The first-order valence-electron chi connectivity index (χ1n) is 8.57. The van der Waals surface area contributed by atoms with Gasteiger partial charge in [0.2, 0.25) is 0 Å². The first kappa shape index (κ1) is 15.3. The van der Waals surface area contributed by atoms with Gasteiger partial charge in [-0.2, -0.15) is 0 Å². The highest BCUT2D eigenvalue weighted by Gasteiger charge is 2.28. The van der Waals surface area contributed by atoms with Crippen molar-refractivity contribution < 1.29 is 0 Å². The summed E-state index contributed by atoms with van der Waals surface area (Å²) in [6.45, 7) is 11.2. The van der Waals surface area contributed by atoms with Crippen LogP contribution in [-0.2, 0) is 0 Å². The summed E-state index contributed by atoms with van der Waals surface area (Å²) in [5, 5.41) is 3.61. The highest BCUT2D eigenvalue weighted by molar-refractivity contribution is 4.85. The standard InChI is InChI=1S/C16H33N3/c1-2-3-4-6-9-17-10-12-18-13-14-19-11-7-5-8-16(19)15-18/h16-17H,2-15H2,1H3. The van der Waals surface area contributed by atoms with Crippen molar-refractivity contribution in [2.75, 3.05) is 45.8 Å². The van der Waals surface area contributed by atoms with Crippen LogP contribution in [0.15, 0.2) is 0 Å². The maximum atomic E-state index is 3.61. The van der Waals surface area contributed by atoms with Crippen LogP contribution in [0.5, 0.6) is 0 Å². The fraction of sp³-hybridized carbons (Fsp3) is 1.00. The molecule has 0 aromatic heterocycles. The molecular formula is C16H33N3. The van der Waals surface area contributed by atoms with E-state index in [0.717, 1.165) is 6.04 Å². The molecule has 1 N–H and O–H groups in total. The van der Waals surface area contributed by atoms with E-state index in [4.69, 9.17) is 0 Å². The lowest BCUT2D eigenvalue weighted by Crippen LogP contribution is -2.55. The molecule has 3 nitrogen and oxygen atoms in total. The zero-order valence-electron chi connectivity index (χ0n) is 12.9. The minimum Gasteiger partial charge on any atom is -0.315 e. The number of fused-ring (bicyclic) bond motifs is 1. The molecule has 0 bridgehead atoms. The zero-order valence-corrected chi connectivity index (χ0v) is 12.9. The molecule has 0 spiro atoms. The zero-order chi connectivity index (χ0) is 13.3. The van der Waals surface area contributed by atoms with E-state index in [1.807, 2.05) is 0 Å². The molecule has 1 unspecified atom stereocenters. The maximum absolute atomic E-state index is 3.61. The topological polar surface area (TPSA) is 18.5 Å². The summed E-state index contributed by atoms with van der Waals surface area (Å²) in [6.07, 6.45) is 9.78. The Morgan fingerprint density at radius 3 is 2.84 bits per heavy atom. The third kappa shape index (κ3) is 5.41. The minimum absolute atomic E-state index is 0.868. The van der Waals surface area contributed by atoms with Gasteiger partial charge in [-0.1, -0.05) is 32.6 Å². The van der Waals surface area contributed by atoms with E-state index in [0.29, 0.717) is 0 Å². The molecule has 19 heavy (non-hydrogen) atoms. The first-order chi connectivity index (χ1) is 9.40. The summed E-state index contributed by atoms with van der Waals surface area (Å²) < 4.78 is 0. The molecule has 2 fully saturated rings. The van der Waals surface area contributed by atoms with Crippen molar-refractivity contribution in [3.05, 3.63) is 0 Å². The summed E-state index contributed by atoms with van der Waals surface area (Å²) in [6, 6.07) is 0.868. The van der Waals surface area contributed by atoms with Crippen LogP contribution in [0.3, 0.4) is 0 Å². The van der Waals surface area contributed by atoms with Gasteiger partial charge < -0.3 is 5.32 Å². The smallest absolute Gasteiger partial charge is 0.0223 e. The lowest BCUT2D eigenvalue weighted by atomic mass is 9.99. The first-order valence-corrected chi connectivity index (χ1v) is 8.57. The summed E-state index contributed by atoms with van der Waals surface area (Å²) >= 11 is 0. The molecule has 0 radical (unpaired) electrons. The maximum Gasteiger partial charge on any atom is 0.0223 e. The van der Waals surface area contributed by atoms with Gasteiger partial charge in [0.25, 0.3) is 0 Å². The molecule has 1 atom stereocenters. The Balaban J connectivity index is 1.50. The summed E-state index contributed by atoms with van der Waals surface area (Å²) in [7, 11) is 0. The van der Waals surface area contributed by atoms with E-state index in [2.05, 4.69) is 22.0 Å². The number of hydrogen-bond donors (Lipinski definition) is 1. The number of piperidine rings is 1. The molecule has 0 amide bonds. The van der Waals surface area contributed by atoms with Gasteiger partial charge in [0.05, 0.1) is 0 Å². The van der Waals surface area contributed by atoms with Crippen molar-refractivity contribution in [2.45, 2.75) is 57.9 Å². The second kappa shape index (κ2) is 8.93. The molecule has 2 aliphatic rings. The van der Waals surface area contributed by atoms with E-state index in [1.54, 1.807) is 0 Å². The average molecular weight is 267 g/mol. The van der Waals surface area contributed by atoms with Gasteiger partial charge >= 0.3 is 0 Å².